The van der Waals surface area contributed by atoms with Gasteiger partial charge in [0.1, 0.15) is 5.75 Å². The summed E-state index contributed by atoms with van der Waals surface area (Å²) in [6.07, 6.45) is 1.09. The predicted molar refractivity (Wildman–Crippen MR) is 115 cm³/mol. The van der Waals surface area contributed by atoms with Crippen LogP contribution < -0.4 is 4.74 Å². The van der Waals surface area contributed by atoms with Crippen molar-refractivity contribution < 1.29 is 14.3 Å². The van der Waals surface area contributed by atoms with E-state index in [1.807, 2.05) is 31.2 Å². The molecule has 2 aromatic carbocycles. The van der Waals surface area contributed by atoms with E-state index < -0.39 is 0 Å². The van der Waals surface area contributed by atoms with Crippen LogP contribution in [0.5, 0.6) is 5.75 Å². The number of benzene rings is 2. The lowest BCUT2D eigenvalue weighted by Crippen LogP contribution is -2.50. The normalized spacial score (nSPS) is 14.0. The average molecular weight is 435 g/mol. The van der Waals surface area contributed by atoms with Crippen molar-refractivity contribution in [2.24, 2.45) is 0 Å². The summed E-state index contributed by atoms with van der Waals surface area (Å²) >= 11 is 12.0. The van der Waals surface area contributed by atoms with Crippen molar-refractivity contribution in [3.05, 3.63) is 63.6 Å². The van der Waals surface area contributed by atoms with Crippen LogP contribution in [0.25, 0.3) is 0 Å². The van der Waals surface area contributed by atoms with Crippen LogP contribution in [0.15, 0.2) is 42.5 Å². The minimum Gasteiger partial charge on any atom is -0.493 e. The summed E-state index contributed by atoms with van der Waals surface area (Å²) in [6, 6.07) is 12.7. The molecule has 1 aliphatic rings. The second-order valence-electron chi connectivity index (χ2n) is 7.01. The Balaban J connectivity index is 1.42. The zero-order valence-electron chi connectivity index (χ0n) is 16.4. The maximum Gasteiger partial charge on any atom is 0.255 e. The Morgan fingerprint density at radius 1 is 1.00 bits per heavy atom. The van der Waals surface area contributed by atoms with Crippen LogP contribution in [-0.2, 0) is 4.79 Å². The first-order valence-corrected chi connectivity index (χ1v) is 10.4. The summed E-state index contributed by atoms with van der Waals surface area (Å²) in [6.45, 7) is 4.53. The molecule has 0 unspecified atom stereocenters. The highest BCUT2D eigenvalue weighted by molar-refractivity contribution is 6.36. The predicted octanol–water partition coefficient (Wildman–Crippen LogP) is 4.45. The van der Waals surface area contributed by atoms with E-state index >= 15 is 0 Å². The molecule has 154 valence electrons. The van der Waals surface area contributed by atoms with E-state index in [4.69, 9.17) is 27.9 Å². The second kappa shape index (κ2) is 9.99. The number of hydrogen-bond donors (Lipinski definition) is 0. The van der Waals surface area contributed by atoms with Crippen molar-refractivity contribution in [1.82, 2.24) is 9.80 Å². The van der Waals surface area contributed by atoms with Crippen molar-refractivity contribution >= 4 is 35.0 Å². The Morgan fingerprint density at radius 2 is 1.69 bits per heavy atom. The molecular weight excluding hydrogens is 411 g/mol. The Bertz CT molecular complexity index is 880. The molecule has 0 aliphatic carbocycles. The molecule has 3 rings (SSSR count). The Kier molecular flexibility index (Phi) is 7.40. The molecule has 0 spiro atoms. The van der Waals surface area contributed by atoms with Crippen LogP contribution in [-0.4, -0.2) is 54.4 Å². The van der Waals surface area contributed by atoms with Gasteiger partial charge in [-0.2, -0.15) is 0 Å². The highest BCUT2D eigenvalue weighted by atomic mass is 35.5. The van der Waals surface area contributed by atoms with Crippen molar-refractivity contribution in [1.29, 1.82) is 0 Å². The topological polar surface area (TPSA) is 49.9 Å². The van der Waals surface area contributed by atoms with Gasteiger partial charge in [-0.1, -0.05) is 41.4 Å². The zero-order chi connectivity index (χ0) is 20.8. The molecular formula is C22H24Cl2N2O3. The summed E-state index contributed by atoms with van der Waals surface area (Å²) < 4.78 is 5.75. The number of halogens is 2. The monoisotopic (exact) mass is 434 g/mol. The number of aryl methyl sites for hydroxylation is 1. The fourth-order valence-corrected chi connectivity index (χ4v) is 3.76. The SMILES string of the molecule is Cc1ccccc1OCCCC(=O)N1CCN(C(=O)c2ccc(Cl)cc2Cl)CC1. The van der Waals surface area contributed by atoms with E-state index in [1.165, 1.54) is 0 Å². The van der Waals surface area contributed by atoms with Gasteiger partial charge in [0.2, 0.25) is 5.91 Å². The molecule has 0 bridgehead atoms. The number of piperazine rings is 1. The molecule has 0 atom stereocenters. The van der Waals surface area contributed by atoms with Gasteiger partial charge in [-0.05, 0) is 43.2 Å². The first-order chi connectivity index (χ1) is 14.0. The molecule has 0 aromatic heterocycles. The van der Waals surface area contributed by atoms with E-state index in [9.17, 15) is 9.59 Å². The molecule has 2 aromatic rings. The zero-order valence-corrected chi connectivity index (χ0v) is 17.9. The number of ether oxygens (including phenoxy) is 1. The maximum atomic E-state index is 12.7. The minimum atomic E-state index is -0.134. The van der Waals surface area contributed by atoms with Gasteiger partial charge >= 0.3 is 0 Å². The summed E-state index contributed by atoms with van der Waals surface area (Å²) in [4.78, 5) is 28.6. The van der Waals surface area contributed by atoms with Crippen molar-refractivity contribution in [3.8, 4) is 5.75 Å². The molecule has 7 heteroatoms. The third-order valence-electron chi connectivity index (χ3n) is 4.97. The maximum absolute atomic E-state index is 12.7. The van der Waals surface area contributed by atoms with Crippen molar-refractivity contribution in [3.63, 3.8) is 0 Å². The molecule has 0 saturated carbocycles. The van der Waals surface area contributed by atoms with Crippen LogP contribution in [0.4, 0.5) is 0 Å². The number of rotatable bonds is 6. The van der Waals surface area contributed by atoms with Gasteiger partial charge in [-0.15, -0.1) is 0 Å². The smallest absolute Gasteiger partial charge is 0.255 e. The number of carbonyl (C=O) groups excluding carboxylic acids is 2. The number of amides is 2. The highest BCUT2D eigenvalue weighted by Gasteiger charge is 2.25. The standard InChI is InChI=1S/C22H24Cl2N2O3/c1-16-5-2-3-6-20(16)29-14-4-7-21(27)25-10-12-26(13-11-25)22(28)18-9-8-17(23)15-19(18)24/h2-3,5-6,8-9,15H,4,7,10-14H2,1H3. The summed E-state index contributed by atoms with van der Waals surface area (Å²) in [7, 11) is 0. The fourth-order valence-electron chi connectivity index (χ4n) is 3.27. The van der Waals surface area contributed by atoms with Crippen LogP contribution >= 0.6 is 23.2 Å². The first-order valence-electron chi connectivity index (χ1n) is 9.66. The number of nitrogens with zero attached hydrogens (tertiary/aromatic N) is 2. The summed E-state index contributed by atoms with van der Waals surface area (Å²) in [5, 5.41) is 0.836. The summed E-state index contributed by atoms with van der Waals surface area (Å²) in [5.41, 5.74) is 1.52. The average Bonchev–Trinajstić information content (AvgIpc) is 2.72. The highest BCUT2D eigenvalue weighted by Crippen LogP contribution is 2.23. The van der Waals surface area contributed by atoms with E-state index in [0.717, 1.165) is 11.3 Å². The number of hydrogen-bond acceptors (Lipinski definition) is 3. The van der Waals surface area contributed by atoms with Crippen LogP contribution in [0.2, 0.25) is 10.0 Å². The van der Waals surface area contributed by atoms with Gasteiger partial charge in [0.05, 0.1) is 17.2 Å². The van der Waals surface area contributed by atoms with Crippen molar-refractivity contribution in [2.45, 2.75) is 19.8 Å². The quantitative estimate of drug-likeness (QED) is 0.631. The van der Waals surface area contributed by atoms with Gasteiger partial charge in [0.25, 0.3) is 5.91 Å². The molecule has 1 aliphatic heterocycles. The third kappa shape index (κ3) is 5.64. The molecule has 1 saturated heterocycles. The number of carbonyl (C=O) groups is 2. The van der Waals surface area contributed by atoms with Gasteiger partial charge in [-0.25, -0.2) is 0 Å². The Morgan fingerprint density at radius 3 is 2.38 bits per heavy atom. The van der Waals surface area contributed by atoms with Gasteiger partial charge in [0, 0.05) is 37.6 Å². The second-order valence-corrected chi connectivity index (χ2v) is 7.86. The van der Waals surface area contributed by atoms with E-state index in [-0.39, 0.29) is 11.8 Å². The lowest BCUT2D eigenvalue weighted by molar-refractivity contribution is -0.132. The van der Waals surface area contributed by atoms with E-state index in [0.29, 0.717) is 61.2 Å². The fraction of sp³-hybridized carbons (Fsp3) is 0.364. The lowest BCUT2D eigenvalue weighted by atomic mass is 10.1. The largest absolute Gasteiger partial charge is 0.493 e. The molecule has 5 nitrogen and oxygen atoms in total. The molecule has 0 N–H and O–H groups in total. The first kappa shape index (κ1) is 21.5. The summed E-state index contributed by atoms with van der Waals surface area (Å²) in [5.74, 6) is 0.813. The van der Waals surface area contributed by atoms with Crippen LogP contribution in [0.1, 0.15) is 28.8 Å². The number of para-hydroxylation sites is 1. The minimum absolute atomic E-state index is 0.0926. The van der Waals surface area contributed by atoms with Gasteiger partial charge in [0.15, 0.2) is 0 Å². The third-order valence-corrected chi connectivity index (χ3v) is 5.52. The van der Waals surface area contributed by atoms with Crippen LogP contribution in [0.3, 0.4) is 0 Å². The Hall–Kier alpha value is -2.24. The van der Waals surface area contributed by atoms with E-state index in [1.54, 1.807) is 28.0 Å². The molecule has 1 heterocycles. The van der Waals surface area contributed by atoms with Gasteiger partial charge in [-0.3, -0.25) is 9.59 Å². The molecule has 0 radical (unpaired) electrons. The molecule has 1 fully saturated rings. The lowest BCUT2D eigenvalue weighted by Gasteiger charge is -2.35. The molecule has 29 heavy (non-hydrogen) atoms. The van der Waals surface area contributed by atoms with E-state index in [2.05, 4.69) is 0 Å². The molecule has 2 amide bonds. The van der Waals surface area contributed by atoms with Gasteiger partial charge < -0.3 is 14.5 Å². The van der Waals surface area contributed by atoms with Crippen molar-refractivity contribution in [2.75, 3.05) is 32.8 Å². The Labute approximate surface area is 181 Å². The van der Waals surface area contributed by atoms with Crippen LogP contribution in [0, 0.1) is 6.92 Å².